The minimum Gasteiger partial charge on any atom is -0.456 e. The van der Waals surface area contributed by atoms with Gasteiger partial charge in [0.25, 0.3) is 0 Å². The van der Waals surface area contributed by atoms with Gasteiger partial charge in [0, 0.05) is 44.3 Å². The van der Waals surface area contributed by atoms with E-state index in [-0.39, 0.29) is 0 Å². The van der Waals surface area contributed by atoms with E-state index in [2.05, 4.69) is 289 Å². The quantitative estimate of drug-likeness (QED) is 0.136. The highest BCUT2D eigenvalue weighted by atomic mass is 16.3. The molecule has 0 radical (unpaired) electrons. The molecule has 0 atom stereocenters. The van der Waals surface area contributed by atoms with Crippen molar-refractivity contribution in [2.75, 3.05) is 4.90 Å². The summed E-state index contributed by atoms with van der Waals surface area (Å²) in [6.45, 7) is 0. The number of hydrogen-bond donors (Lipinski definition) is 0. The van der Waals surface area contributed by atoms with E-state index in [1.165, 1.54) is 66.3 Å². The van der Waals surface area contributed by atoms with Crippen molar-refractivity contribution in [3.05, 3.63) is 291 Å². The highest BCUT2D eigenvalue weighted by molar-refractivity contribution is 6.12. The standard InChI is InChI=1S/C72H48N2O/c1-2-12-49(13-3-1)58-14-10-15-59(48-58)56-38-44-62(45-39-56)73(61-42-34-54(35-43-61)52-28-30-57(31-29-52)64-19-11-23-71-72(64)67-18-6-9-22-70(67)75-71)60-40-32-53(33-41-60)50-24-26-51(27-25-50)55-36-46-63(47-37-55)74-68-20-7-4-16-65(68)66-17-5-8-21-69(66)74/h1-48H. The highest BCUT2D eigenvalue weighted by Gasteiger charge is 2.17. The SMILES string of the molecule is c1ccc(-c2cccc(-c3ccc(N(c4ccc(-c5ccc(-c6ccc(-n7c8ccccc8c8ccccc87)cc6)cc5)cc4)c4ccc(-c5ccc(-c6cccc7oc8ccccc8c67)cc5)cc4)cc3)c2)cc1. The molecule has 0 fully saturated rings. The van der Waals surface area contributed by atoms with Crippen LogP contribution in [0.2, 0.25) is 0 Å². The molecule has 0 saturated carbocycles. The highest BCUT2D eigenvalue weighted by Crippen LogP contribution is 2.41. The molecule has 3 nitrogen and oxygen atoms in total. The van der Waals surface area contributed by atoms with Crippen LogP contribution in [0.3, 0.4) is 0 Å². The van der Waals surface area contributed by atoms with Crippen molar-refractivity contribution in [1.29, 1.82) is 0 Å². The van der Waals surface area contributed by atoms with Crippen LogP contribution >= 0.6 is 0 Å². The third-order valence-corrected chi connectivity index (χ3v) is 14.9. The molecule has 0 N–H and O–H groups in total. The lowest BCUT2D eigenvalue weighted by molar-refractivity contribution is 0.669. The number of anilines is 3. The number of hydrogen-bond acceptors (Lipinski definition) is 2. The van der Waals surface area contributed by atoms with Gasteiger partial charge in [-0.3, -0.25) is 0 Å². The maximum Gasteiger partial charge on any atom is 0.136 e. The normalized spacial score (nSPS) is 11.5. The van der Waals surface area contributed by atoms with Gasteiger partial charge in [0.15, 0.2) is 0 Å². The van der Waals surface area contributed by atoms with E-state index < -0.39 is 0 Å². The van der Waals surface area contributed by atoms with Crippen LogP contribution in [-0.4, -0.2) is 4.57 Å². The largest absolute Gasteiger partial charge is 0.456 e. The first kappa shape index (κ1) is 43.8. The van der Waals surface area contributed by atoms with Gasteiger partial charge in [-0.25, -0.2) is 0 Å². The molecule has 14 rings (SSSR count). The number of benzene rings is 12. The van der Waals surface area contributed by atoms with Gasteiger partial charge < -0.3 is 13.9 Å². The van der Waals surface area contributed by atoms with Crippen LogP contribution in [0.25, 0.3) is 116 Å². The van der Waals surface area contributed by atoms with Crippen LogP contribution in [0.5, 0.6) is 0 Å². The summed E-state index contributed by atoms with van der Waals surface area (Å²) in [4.78, 5) is 2.35. The molecule has 0 aliphatic heterocycles. The Labute approximate surface area is 436 Å². The van der Waals surface area contributed by atoms with E-state index in [4.69, 9.17) is 4.42 Å². The van der Waals surface area contributed by atoms with Crippen molar-refractivity contribution in [3.63, 3.8) is 0 Å². The number of furan rings is 1. The Bertz CT molecular complexity index is 4290. The molecule has 2 heterocycles. The number of fused-ring (bicyclic) bond motifs is 6. The monoisotopic (exact) mass is 956 g/mol. The molecule has 0 bridgehead atoms. The molecule has 12 aromatic carbocycles. The Morgan fingerprint density at radius 2 is 0.613 bits per heavy atom. The van der Waals surface area contributed by atoms with Crippen molar-refractivity contribution in [2.24, 2.45) is 0 Å². The topological polar surface area (TPSA) is 21.3 Å². The van der Waals surface area contributed by atoms with E-state index in [0.717, 1.165) is 66.9 Å². The summed E-state index contributed by atoms with van der Waals surface area (Å²) in [5.41, 5.74) is 22.8. The fourth-order valence-electron chi connectivity index (χ4n) is 11.1. The van der Waals surface area contributed by atoms with Crippen molar-refractivity contribution in [1.82, 2.24) is 4.57 Å². The van der Waals surface area contributed by atoms with Crippen molar-refractivity contribution >= 4 is 60.8 Å². The summed E-state index contributed by atoms with van der Waals surface area (Å²) >= 11 is 0. The van der Waals surface area contributed by atoms with E-state index in [9.17, 15) is 0 Å². The lowest BCUT2D eigenvalue weighted by Gasteiger charge is -2.26. The van der Waals surface area contributed by atoms with Gasteiger partial charge >= 0.3 is 0 Å². The average Bonchev–Trinajstić information content (AvgIpc) is 4.05. The molecular formula is C72H48N2O. The Morgan fingerprint density at radius 1 is 0.253 bits per heavy atom. The predicted molar refractivity (Wildman–Crippen MR) is 315 cm³/mol. The summed E-state index contributed by atoms with van der Waals surface area (Å²) in [5.74, 6) is 0. The Balaban J connectivity index is 0.754. The van der Waals surface area contributed by atoms with Crippen LogP contribution < -0.4 is 4.90 Å². The van der Waals surface area contributed by atoms with Gasteiger partial charge in [-0.15, -0.1) is 0 Å². The van der Waals surface area contributed by atoms with Gasteiger partial charge in [0.1, 0.15) is 11.2 Å². The molecule has 75 heavy (non-hydrogen) atoms. The first-order valence-corrected chi connectivity index (χ1v) is 25.6. The summed E-state index contributed by atoms with van der Waals surface area (Å²) in [7, 11) is 0. The second-order valence-electron chi connectivity index (χ2n) is 19.3. The molecule has 352 valence electrons. The average molecular weight is 957 g/mol. The van der Waals surface area contributed by atoms with Gasteiger partial charge in [-0.1, -0.05) is 212 Å². The fraction of sp³-hybridized carbons (Fsp3) is 0. The molecular weight excluding hydrogens is 909 g/mol. The number of para-hydroxylation sites is 3. The zero-order valence-corrected chi connectivity index (χ0v) is 41.0. The molecule has 0 saturated heterocycles. The van der Waals surface area contributed by atoms with E-state index in [0.29, 0.717) is 0 Å². The summed E-state index contributed by atoms with van der Waals surface area (Å²) in [6, 6.07) is 105. The molecule has 2 aromatic heterocycles. The fourth-order valence-corrected chi connectivity index (χ4v) is 11.1. The Hall–Kier alpha value is -9.96. The number of rotatable bonds is 10. The molecule has 0 aliphatic carbocycles. The van der Waals surface area contributed by atoms with Crippen molar-refractivity contribution in [3.8, 4) is 72.4 Å². The second kappa shape index (κ2) is 18.6. The predicted octanol–water partition coefficient (Wildman–Crippen LogP) is 20.2. The van der Waals surface area contributed by atoms with Gasteiger partial charge in [0.05, 0.1) is 11.0 Å². The third-order valence-electron chi connectivity index (χ3n) is 14.9. The number of nitrogens with zero attached hydrogens (tertiary/aromatic N) is 2. The lowest BCUT2D eigenvalue weighted by atomic mass is 9.97. The minimum atomic E-state index is 0.906. The van der Waals surface area contributed by atoms with Gasteiger partial charge in [0.2, 0.25) is 0 Å². The maximum atomic E-state index is 6.21. The third kappa shape index (κ3) is 8.04. The zero-order chi connectivity index (χ0) is 49.7. The van der Waals surface area contributed by atoms with E-state index >= 15 is 0 Å². The molecule has 0 amide bonds. The second-order valence-corrected chi connectivity index (χ2v) is 19.3. The van der Waals surface area contributed by atoms with Crippen molar-refractivity contribution in [2.45, 2.75) is 0 Å². The zero-order valence-electron chi connectivity index (χ0n) is 41.0. The maximum absolute atomic E-state index is 6.21. The smallest absolute Gasteiger partial charge is 0.136 e. The molecule has 3 heteroatoms. The van der Waals surface area contributed by atoms with Crippen LogP contribution in [-0.2, 0) is 0 Å². The first-order valence-electron chi connectivity index (χ1n) is 25.6. The summed E-state index contributed by atoms with van der Waals surface area (Å²) in [6.07, 6.45) is 0. The Kier molecular flexibility index (Phi) is 10.8. The minimum absolute atomic E-state index is 0.906. The lowest BCUT2D eigenvalue weighted by Crippen LogP contribution is -2.09. The van der Waals surface area contributed by atoms with E-state index in [1.807, 2.05) is 12.1 Å². The van der Waals surface area contributed by atoms with Crippen LogP contribution in [0.15, 0.2) is 296 Å². The van der Waals surface area contributed by atoms with Crippen LogP contribution in [0.1, 0.15) is 0 Å². The van der Waals surface area contributed by atoms with E-state index in [1.54, 1.807) is 0 Å². The van der Waals surface area contributed by atoms with Gasteiger partial charge in [-0.05, 0) is 146 Å². The first-order chi connectivity index (χ1) is 37.2. The van der Waals surface area contributed by atoms with Gasteiger partial charge in [-0.2, -0.15) is 0 Å². The molecule has 0 unspecified atom stereocenters. The molecule has 0 aliphatic rings. The van der Waals surface area contributed by atoms with Crippen molar-refractivity contribution < 1.29 is 4.42 Å². The van der Waals surface area contributed by atoms with Crippen LogP contribution in [0.4, 0.5) is 17.1 Å². The number of aromatic nitrogens is 1. The molecule has 0 spiro atoms. The summed E-state index contributed by atoms with van der Waals surface area (Å²) in [5, 5.41) is 4.83. The summed E-state index contributed by atoms with van der Waals surface area (Å²) < 4.78 is 8.58. The molecule has 14 aromatic rings. The Morgan fingerprint density at radius 3 is 1.13 bits per heavy atom. The van der Waals surface area contributed by atoms with Crippen LogP contribution in [0, 0.1) is 0 Å².